The lowest BCUT2D eigenvalue weighted by molar-refractivity contribution is -0.138. The number of carboxylic acid groups (broad SMARTS) is 1. The zero-order valence-electron chi connectivity index (χ0n) is 12.4. The van der Waals surface area contributed by atoms with Gasteiger partial charge in [-0.1, -0.05) is 20.8 Å². The van der Waals surface area contributed by atoms with Gasteiger partial charge in [0.1, 0.15) is 0 Å². The van der Waals surface area contributed by atoms with Crippen LogP contribution in [0.15, 0.2) is 0 Å². The molecule has 2 rings (SSSR count). The third-order valence-electron chi connectivity index (χ3n) is 3.78. The zero-order valence-corrected chi connectivity index (χ0v) is 13.2. The molecule has 0 aromatic carbocycles. The molecule has 0 aliphatic carbocycles. The van der Waals surface area contributed by atoms with E-state index in [9.17, 15) is 13.2 Å². The number of sulfone groups is 1. The predicted molar refractivity (Wildman–Crippen MR) is 74.6 cm³/mol. The van der Waals surface area contributed by atoms with Crippen LogP contribution in [-0.2, 0) is 14.6 Å². The van der Waals surface area contributed by atoms with Gasteiger partial charge in [0.15, 0.2) is 15.7 Å². The maximum atomic E-state index is 11.6. The van der Waals surface area contributed by atoms with E-state index in [0.717, 1.165) is 0 Å². The molecule has 1 N–H and O–H groups in total. The van der Waals surface area contributed by atoms with Crippen molar-refractivity contribution in [2.75, 3.05) is 11.5 Å². The first kappa shape index (κ1) is 15.9. The molecular formula is C12H20N4O4S. The van der Waals surface area contributed by atoms with Gasteiger partial charge in [-0.2, -0.15) is 0 Å². The molecule has 2 atom stereocenters. The molecule has 21 heavy (non-hydrogen) atoms. The maximum absolute atomic E-state index is 11.6. The van der Waals surface area contributed by atoms with Crippen LogP contribution in [0.4, 0.5) is 0 Å². The van der Waals surface area contributed by atoms with E-state index in [4.69, 9.17) is 5.11 Å². The Kier molecular flexibility index (Phi) is 4.05. The third kappa shape index (κ3) is 3.58. The summed E-state index contributed by atoms with van der Waals surface area (Å²) in [4.78, 5) is 11.1. The van der Waals surface area contributed by atoms with Crippen molar-refractivity contribution in [1.82, 2.24) is 20.2 Å². The standard InChI is InChI=1S/C12H20N4O4S/c1-12(2,3)9(6-10(17)18)16-11(13-14-15-16)8-4-5-21(19,20)7-8/h8-9H,4-7H2,1-3H3,(H,17,18). The van der Waals surface area contributed by atoms with E-state index in [1.165, 1.54) is 4.68 Å². The molecule has 0 bridgehead atoms. The average Bonchev–Trinajstić information content (AvgIpc) is 2.90. The van der Waals surface area contributed by atoms with Gasteiger partial charge in [0, 0.05) is 5.92 Å². The minimum Gasteiger partial charge on any atom is -0.481 e. The first-order valence-electron chi connectivity index (χ1n) is 6.80. The van der Waals surface area contributed by atoms with E-state index in [1.807, 2.05) is 20.8 Å². The van der Waals surface area contributed by atoms with Crippen LogP contribution < -0.4 is 0 Å². The van der Waals surface area contributed by atoms with Gasteiger partial charge in [0.25, 0.3) is 0 Å². The highest BCUT2D eigenvalue weighted by molar-refractivity contribution is 7.91. The average molecular weight is 316 g/mol. The fourth-order valence-corrected chi connectivity index (χ4v) is 4.35. The number of hydrogen-bond acceptors (Lipinski definition) is 6. The topological polar surface area (TPSA) is 115 Å². The number of rotatable bonds is 4. The Bertz CT molecular complexity index is 632. The van der Waals surface area contributed by atoms with Crippen LogP contribution in [-0.4, -0.2) is 51.2 Å². The molecule has 0 saturated carbocycles. The fraction of sp³-hybridized carbons (Fsp3) is 0.833. The number of hydrogen-bond donors (Lipinski definition) is 1. The van der Waals surface area contributed by atoms with Crippen molar-refractivity contribution in [3.8, 4) is 0 Å². The summed E-state index contributed by atoms with van der Waals surface area (Å²) in [5.74, 6) is -0.572. The van der Waals surface area contributed by atoms with Gasteiger partial charge in [-0.15, -0.1) is 5.10 Å². The summed E-state index contributed by atoms with van der Waals surface area (Å²) in [7, 11) is -3.05. The third-order valence-corrected chi connectivity index (χ3v) is 5.55. The van der Waals surface area contributed by atoms with E-state index in [0.29, 0.717) is 12.2 Å². The SMILES string of the molecule is CC(C)(C)C(CC(=O)O)n1nnnc1C1CCS(=O)(=O)C1. The van der Waals surface area contributed by atoms with E-state index >= 15 is 0 Å². The van der Waals surface area contributed by atoms with Gasteiger partial charge in [0.05, 0.1) is 24.0 Å². The molecule has 1 aromatic heterocycles. The summed E-state index contributed by atoms with van der Waals surface area (Å²) in [5.41, 5.74) is -0.361. The minimum absolute atomic E-state index is 0.0251. The molecule has 1 aliphatic heterocycles. The van der Waals surface area contributed by atoms with Gasteiger partial charge >= 0.3 is 5.97 Å². The fourth-order valence-electron chi connectivity index (χ4n) is 2.61. The van der Waals surface area contributed by atoms with Crippen molar-refractivity contribution >= 4 is 15.8 Å². The number of tetrazole rings is 1. The molecule has 2 heterocycles. The van der Waals surface area contributed by atoms with E-state index in [-0.39, 0.29) is 29.3 Å². The quantitative estimate of drug-likeness (QED) is 0.866. The van der Waals surface area contributed by atoms with Crippen LogP contribution in [0.1, 0.15) is 51.4 Å². The van der Waals surface area contributed by atoms with Gasteiger partial charge in [-0.3, -0.25) is 4.79 Å². The lowest BCUT2D eigenvalue weighted by Gasteiger charge is -2.30. The van der Waals surface area contributed by atoms with Gasteiger partial charge in [0.2, 0.25) is 0 Å². The predicted octanol–water partition coefficient (Wildman–Crippen LogP) is 0.637. The summed E-state index contributed by atoms with van der Waals surface area (Å²) in [6.45, 7) is 5.74. The lowest BCUT2D eigenvalue weighted by Crippen LogP contribution is -2.30. The van der Waals surface area contributed by atoms with Crippen LogP contribution in [0.25, 0.3) is 0 Å². The highest BCUT2D eigenvalue weighted by atomic mass is 32.2. The van der Waals surface area contributed by atoms with Crippen LogP contribution in [0, 0.1) is 5.41 Å². The molecule has 1 aliphatic rings. The molecule has 0 amide bonds. The van der Waals surface area contributed by atoms with Gasteiger partial charge < -0.3 is 5.11 Å². The minimum atomic E-state index is -3.05. The van der Waals surface area contributed by atoms with Crippen LogP contribution in [0.2, 0.25) is 0 Å². The molecule has 0 radical (unpaired) electrons. The zero-order chi connectivity index (χ0) is 15.8. The molecular weight excluding hydrogens is 296 g/mol. The van der Waals surface area contributed by atoms with Gasteiger partial charge in [-0.25, -0.2) is 13.1 Å². The van der Waals surface area contributed by atoms with Crippen LogP contribution >= 0.6 is 0 Å². The number of nitrogens with zero attached hydrogens (tertiary/aromatic N) is 4. The maximum Gasteiger partial charge on any atom is 0.305 e. The van der Waals surface area contributed by atoms with Crippen molar-refractivity contribution in [1.29, 1.82) is 0 Å². The second kappa shape index (κ2) is 5.36. The van der Waals surface area contributed by atoms with Crippen molar-refractivity contribution in [3.05, 3.63) is 5.82 Å². The summed E-state index contributed by atoms with van der Waals surface area (Å²) < 4.78 is 24.7. The van der Waals surface area contributed by atoms with Crippen LogP contribution in [0.3, 0.4) is 0 Å². The molecule has 118 valence electrons. The van der Waals surface area contributed by atoms with Crippen molar-refractivity contribution in [2.24, 2.45) is 5.41 Å². The highest BCUT2D eigenvalue weighted by Gasteiger charge is 2.37. The smallest absolute Gasteiger partial charge is 0.305 e. The Morgan fingerprint density at radius 2 is 2.14 bits per heavy atom. The Hall–Kier alpha value is -1.51. The van der Waals surface area contributed by atoms with Gasteiger partial charge in [-0.05, 0) is 22.3 Å². The van der Waals surface area contributed by atoms with Crippen molar-refractivity contribution in [2.45, 2.75) is 45.6 Å². The van der Waals surface area contributed by atoms with Crippen LogP contribution in [0.5, 0.6) is 0 Å². The van der Waals surface area contributed by atoms with E-state index in [1.54, 1.807) is 0 Å². The Labute approximate surface area is 123 Å². The monoisotopic (exact) mass is 316 g/mol. The Balaban J connectivity index is 2.35. The molecule has 2 unspecified atom stereocenters. The Morgan fingerprint density at radius 3 is 2.62 bits per heavy atom. The molecule has 1 fully saturated rings. The second-order valence-electron chi connectivity index (χ2n) is 6.56. The molecule has 1 saturated heterocycles. The molecule has 9 heteroatoms. The summed E-state index contributed by atoms with van der Waals surface area (Å²) in [6, 6.07) is -0.427. The largest absolute Gasteiger partial charge is 0.481 e. The van der Waals surface area contributed by atoms with E-state index < -0.39 is 21.8 Å². The first-order chi connectivity index (χ1) is 9.60. The van der Waals surface area contributed by atoms with Crippen molar-refractivity contribution < 1.29 is 18.3 Å². The van der Waals surface area contributed by atoms with E-state index in [2.05, 4.69) is 15.5 Å². The summed E-state index contributed by atoms with van der Waals surface area (Å²) in [6.07, 6.45) is 0.369. The van der Waals surface area contributed by atoms with Crippen molar-refractivity contribution in [3.63, 3.8) is 0 Å². The molecule has 8 nitrogen and oxygen atoms in total. The molecule has 0 spiro atoms. The Morgan fingerprint density at radius 1 is 1.48 bits per heavy atom. The normalized spacial score (nSPS) is 23.1. The lowest BCUT2D eigenvalue weighted by atomic mass is 9.84. The second-order valence-corrected chi connectivity index (χ2v) is 8.79. The number of carboxylic acids is 1. The number of carbonyl (C=O) groups is 1. The summed E-state index contributed by atoms with van der Waals surface area (Å²) >= 11 is 0. The highest BCUT2D eigenvalue weighted by Crippen LogP contribution is 2.36. The first-order valence-corrected chi connectivity index (χ1v) is 8.62. The summed E-state index contributed by atoms with van der Waals surface area (Å²) in [5, 5.41) is 20.6. The number of aliphatic carboxylic acids is 1. The number of aromatic nitrogens is 4. The molecule has 1 aromatic rings.